The zero-order chi connectivity index (χ0) is 15.6. The molecule has 0 aliphatic heterocycles. The Morgan fingerprint density at radius 2 is 2.19 bits per heavy atom. The lowest BCUT2D eigenvalue weighted by Gasteiger charge is -2.40. The predicted molar refractivity (Wildman–Crippen MR) is 82.5 cm³/mol. The Bertz CT molecular complexity index is 463. The molecule has 3 heteroatoms. The molecule has 0 saturated heterocycles. The van der Waals surface area contributed by atoms with Crippen LogP contribution in [0.4, 0.5) is 0 Å². The molecule has 0 aromatic carbocycles. The van der Waals surface area contributed by atoms with E-state index in [9.17, 15) is 9.59 Å². The van der Waals surface area contributed by atoms with Crippen LogP contribution in [-0.4, -0.2) is 18.4 Å². The molecule has 0 fully saturated rings. The number of hydrogen-bond acceptors (Lipinski definition) is 3. The lowest BCUT2D eigenvalue weighted by molar-refractivity contribution is -0.158. The first-order valence-electron chi connectivity index (χ1n) is 8.03. The molecule has 6 atom stereocenters. The summed E-state index contributed by atoms with van der Waals surface area (Å²) in [4.78, 5) is 23.7. The van der Waals surface area contributed by atoms with Crippen LogP contribution in [0.1, 0.15) is 40.5 Å². The number of fused-ring (bicyclic) bond motifs is 1. The van der Waals surface area contributed by atoms with Crippen LogP contribution < -0.4 is 0 Å². The average molecular weight is 290 g/mol. The third kappa shape index (κ3) is 3.28. The first-order chi connectivity index (χ1) is 9.97. The van der Waals surface area contributed by atoms with Crippen molar-refractivity contribution >= 4 is 12.3 Å². The quantitative estimate of drug-likeness (QED) is 0.587. The number of ether oxygens (including phenoxy) is 1. The number of carbonyl (C=O) groups is 2. The highest BCUT2D eigenvalue weighted by Crippen LogP contribution is 2.42. The molecule has 2 aliphatic carbocycles. The van der Waals surface area contributed by atoms with E-state index in [0.717, 1.165) is 24.7 Å². The SMILES string of the molecule is CC[C@H](C)C(=O)O[C@H]1C[C@H](C)C=C2C=C[C@H](C)[C@H](C=O)[C@@H]21. The molecule has 0 amide bonds. The molecule has 0 aromatic heterocycles. The highest BCUT2D eigenvalue weighted by molar-refractivity contribution is 5.72. The van der Waals surface area contributed by atoms with Crippen molar-refractivity contribution in [3.05, 3.63) is 23.8 Å². The summed E-state index contributed by atoms with van der Waals surface area (Å²) in [6.45, 7) is 8.07. The third-order valence-corrected chi connectivity index (χ3v) is 4.92. The highest BCUT2D eigenvalue weighted by atomic mass is 16.5. The van der Waals surface area contributed by atoms with E-state index in [1.165, 1.54) is 0 Å². The fraction of sp³-hybridized carbons (Fsp3) is 0.667. The monoisotopic (exact) mass is 290 g/mol. The van der Waals surface area contributed by atoms with Gasteiger partial charge in [0.15, 0.2) is 0 Å². The molecule has 0 bridgehead atoms. The van der Waals surface area contributed by atoms with E-state index in [2.05, 4.69) is 32.1 Å². The van der Waals surface area contributed by atoms with E-state index in [-0.39, 0.29) is 35.7 Å². The second-order valence-electron chi connectivity index (χ2n) is 6.62. The first-order valence-corrected chi connectivity index (χ1v) is 8.03. The van der Waals surface area contributed by atoms with Crippen LogP contribution in [0.3, 0.4) is 0 Å². The van der Waals surface area contributed by atoms with Crippen molar-refractivity contribution in [3.8, 4) is 0 Å². The Kier molecular flexibility index (Phi) is 5.02. The van der Waals surface area contributed by atoms with Crippen LogP contribution in [0.25, 0.3) is 0 Å². The van der Waals surface area contributed by atoms with Crippen molar-refractivity contribution in [1.82, 2.24) is 0 Å². The van der Waals surface area contributed by atoms with E-state index in [1.54, 1.807) is 0 Å². The van der Waals surface area contributed by atoms with Crippen molar-refractivity contribution in [2.24, 2.45) is 29.6 Å². The van der Waals surface area contributed by atoms with E-state index < -0.39 is 0 Å². The van der Waals surface area contributed by atoms with Gasteiger partial charge >= 0.3 is 5.97 Å². The first kappa shape index (κ1) is 16.0. The van der Waals surface area contributed by atoms with Gasteiger partial charge in [-0.15, -0.1) is 0 Å². The van der Waals surface area contributed by atoms with Gasteiger partial charge in [0.2, 0.25) is 0 Å². The largest absolute Gasteiger partial charge is 0.461 e. The maximum Gasteiger partial charge on any atom is 0.308 e. The average Bonchev–Trinajstić information content (AvgIpc) is 2.46. The van der Waals surface area contributed by atoms with Gasteiger partial charge in [0, 0.05) is 11.8 Å². The summed E-state index contributed by atoms with van der Waals surface area (Å²) in [7, 11) is 0. The van der Waals surface area contributed by atoms with Crippen LogP contribution in [0.2, 0.25) is 0 Å². The van der Waals surface area contributed by atoms with Gasteiger partial charge in [0.25, 0.3) is 0 Å². The Balaban J connectivity index is 2.25. The van der Waals surface area contributed by atoms with Gasteiger partial charge in [-0.1, -0.05) is 45.9 Å². The smallest absolute Gasteiger partial charge is 0.308 e. The maximum atomic E-state index is 12.2. The standard InChI is InChI=1S/C18H26O3/c1-5-12(3)18(20)21-16-9-11(2)8-14-7-6-13(4)15(10-19)17(14)16/h6-8,10-13,15-17H,5,9H2,1-4H3/t11-,12+,13+,15+,16+,17-/m1/s1. The molecule has 0 aromatic rings. The van der Waals surface area contributed by atoms with Crippen LogP contribution >= 0.6 is 0 Å². The fourth-order valence-electron chi connectivity index (χ4n) is 3.35. The van der Waals surface area contributed by atoms with Crippen LogP contribution in [0, 0.1) is 29.6 Å². The molecule has 3 nitrogen and oxygen atoms in total. The Labute approximate surface area is 127 Å². The Morgan fingerprint density at radius 1 is 1.48 bits per heavy atom. The second kappa shape index (κ2) is 6.59. The Morgan fingerprint density at radius 3 is 2.81 bits per heavy atom. The van der Waals surface area contributed by atoms with E-state index in [1.807, 2.05) is 13.8 Å². The molecule has 116 valence electrons. The highest BCUT2D eigenvalue weighted by Gasteiger charge is 2.41. The summed E-state index contributed by atoms with van der Waals surface area (Å²) >= 11 is 0. The third-order valence-electron chi connectivity index (χ3n) is 4.92. The van der Waals surface area contributed by atoms with Gasteiger partial charge in [0.1, 0.15) is 12.4 Å². The molecule has 0 spiro atoms. The summed E-state index contributed by atoms with van der Waals surface area (Å²) in [5.41, 5.74) is 1.16. The van der Waals surface area contributed by atoms with Gasteiger partial charge in [-0.3, -0.25) is 4.79 Å². The molecule has 0 heterocycles. The summed E-state index contributed by atoms with van der Waals surface area (Å²) in [5.74, 6) is 0.276. The zero-order valence-electron chi connectivity index (χ0n) is 13.4. The second-order valence-corrected chi connectivity index (χ2v) is 6.62. The Hall–Kier alpha value is -1.38. The van der Waals surface area contributed by atoms with Crippen molar-refractivity contribution in [2.45, 2.75) is 46.6 Å². The summed E-state index contributed by atoms with van der Waals surface area (Å²) in [6.07, 6.45) is 8.86. The van der Waals surface area contributed by atoms with E-state index in [0.29, 0.717) is 5.92 Å². The van der Waals surface area contributed by atoms with Gasteiger partial charge < -0.3 is 9.53 Å². The number of hydrogen-bond donors (Lipinski definition) is 0. The van der Waals surface area contributed by atoms with Crippen LogP contribution in [0.15, 0.2) is 23.8 Å². The van der Waals surface area contributed by atoms with Crippen molar-refractivity contribution in [3.63, 3.8) is 0 Å². The molecule has 0 unspecified atom stereocenters. The minimum absolute atomic E-state index is 0.0201. The number of esters is 1. The summed E-state index contributed by atoms with van der Waals surface area (Å²) in [5, 5.41) is 0. The van der Waals surface area contributed by atoms with Crippen molar-refractivity contribution < 1.29 is 14.3 Å². The van der Waals surface area contributed by atoms with E-state index in [4.69, 9.17) is 4.74 Å². The molecule has 2 rings (SSSR count). The van der Waals surface area contributed by atoms with Crippen LogP contribution in [0.5, 0.6) is 0 Å². The van der Waals surface area contributed by atoms with Gasteiger partial charge in [-0.05, 0) is 30.3 Å². The van der Waals surface area contributed by atoms with Crippen LogP contribution in [-0.2, 0) is 14.3 Å². The normalized spacial score (nSPS) is 36.4. The van der Waals surface area contributed by atoms with E-state index >= 15 is 0 Å². The van der Waals surface area contributed by atoms with Crippen molar-refractivity contribution in [2.75, 3.05) is 0 Å². The minimum Gasteiger partial charge on any atom is -0.461 e. The van der Waals surface area contributed by atoms with Gasteiger partial charge in [-0.2, -0.15) is 0 Å². The molecule has 21 heavy (non-hydrogen) atoms. The number of carbonyl (C=O) groups excluding carboxylic acids is 2. The number of allylic oxidation sites excluding steroid dienone is 3. The molecular formula is C18H26O3. The topological polar surface area (TPSA) is 43.4 Å². The lowest BCUT2D eigenvalue weighted by atomic mass is 9.67. The molecule has 0 saturated carbocycles. The zero-order valence-corrected chi connectivity index (χ0v) is 13.4. The summed E-state index contributed by atoms with van der Waals surface area (Å²) in [6, 6.07) is 0. The molecular weight excluding hydrogens is 264 g/mol. The predicted octanol–water partition coefficient (Wildman–Crippen LogP) is 3.55. The maximum absolute atomic E-state index is 12.2. The molecule has 0 radical (unpaired) electrons. The minimum atomic E-state index is -0.177. The number of aldehydes is 1. The van der Waals surface area contributed by atoms with Gasteiger partial charge in [-0.25, -0.2) is 0 Å². The number of rotatable bonds is 4. The lowest BCUT2D eigenvalue weighted by Crippen LogP contribution is -2.42. The van der Waals surface area contributed by atoms with Crippen molar-refractivity contribution in [1.29, 1.82) is 0 Å². The molecule has 0 N–H and O–H groups in total. The fourth-order valence-corrected chi connectivity index (χ4v) is 3.35. The molecule has 2 aliphatic rings. The summed E-state index contributed by atoms with van der Waals surface area (Å²) < 4.78 is 5.79. The van der Waals surface area contributed by atoms with Gasteiger partial charge in [0.05, 0.1) is 5.92 Å².